The minimum absolute atomic E-state index is 0.00281. The van der Waals surface area contributed by atoms with E-state index in [9.17, 15) is 19.2 Å². The van der Waals surface area contributed by atoms with E-state index in [1.165, 1.54) is 25.2 Å². The summed E-state index contributed by atoms with van der Waals surface area (Å²) in [6, 6.07) is 12.2. The highest BCUT2D eigenvalue weighted by molar-refractivity contribution is 6.02. The van der Waals surface area contributed by atoms with Crippen molar-refractivity contribution in [1.29, 1.82) is 0 Å². The number of fused-ring (bicyclic) bond motifs is 2. The van der Waals surface area contributed by atoms with E-state index in [0.29, 0.717) is 11.3 Å². The van der Waals surface area contributed by atoms with Gasteiger partial charge in [0, 0.05) is 23.7 Å². The molecular formula is C32H38N4O10. The molecule has 14 heteroatoms. The first-order valence-electron chi connectivity index (χ1n) is 14.4. The van der Waals surface area contributed by atoms with E-state index in [1.54, 1.807) is 38.1 Å². The fourth-order valence-corrected chi connectivity index (χ4v) is 4.77. The Kier molecular flexibility index (Phi) is 12.3. The lowest BCUT2D eigenvalue weighted by molar-refractivity contribution is -0.150. The molecular weight excluding hydrogens is 600 g/mol. The number of aryl methyl sites for hydroxylation is 1. The van der Waals surface area contributed by atoms with Crippen molar-refractivity contribution in [3.63, 3.8) is 0 Å². The lowest BCUT2D eigenvalue weighted by atomic mass is 10.0. The second kappa shape index (κ2) is 16.1. The van der Waals surface area contributed by atoms with Crippen LogP contribution in [0.2, 0.25) is 0 Å². The van der Waals surface area contributed by atoms with Crippen LogP contribution in [0.25, 0.3) is 11.3 Å². The molecule has 0 unspecified atom stereocenters. The van der Waals surface area contributed by atoms with E-state index < -0.39 is 41.9 Å². The second-order valence-electron chi connectivity index (χ2n) is 10.7. The average molecular weight is 639 g/mol. The molecule has 3 amide bonds. The summed E-state index contributed by atoms with van der Waals surface area (Å²) in [7, 11) is 2.63. The molecule has 0 fully saturated rings. The summed E-state index contributed by atoms with van der Waals surface area (Å²) in [5, 5.41) is 16.8. The van der Waals surface area contributed by atoms with E-state index in [4.69, 9.17) is 28.6 Å². The highest BCUT2D eigenvalue weighted by Crippen LogP contribution is 2.31. The van der Waals surface area contributed by atoms with Crippen LogP contribution in [-0.2, 0) is 19.1 Å². The van der Waals surface area contributed by atoms with Crippen molar-refractivity contribution in [3.8, 4) is 22.8 Å². The zero-order chi connectivity index (χ0) is 34.0. The summed E-state index contributed by atoms with van der Waals surface area (Å²) in [5.74, 6) is -1.67. The van der Waals surface area contributed by atoms with Crippen LogP contribution in [0.4, 0.5) is 0 Å². The van der Waals surface area contributed by atoms with E-state index in [2.05, 4.69) is 15.8 Å². The molecule has 1 aliphatic rings. The number of amides is 3. The van der Waals surface area contributed by atoms with E-state index >= 15 is 0 Å². The Morgan fingerprint density at radius 1 is 1.09 bits per heavy atom. The number of benzene rings is 2. The Bertz CT molecular complexity index is 1540. The average Bonchev–Trinajstić information content (AvgIpc) is 3.43. The summed E-state index contributed by atoms with van der Waals surface area (Å²) in [6.07, 6.45) is -1.29. The number of rotatable bonds is 5. The van der Waals surface area contributed by atoms with Gasteiger partial charge in [-0.05, 0) is 38.0 Å². The summed E-state index contributed by atoms with van der Waals surface area (Å²) >= 11 is 0. The van der Waals surface area contributed by atoms with Gasteiger partial charge in [0.05, 0.1) is 26.8 Å². The highest BCUT2D eigenvalue weighted by atomic mass is 16.6. The van der Waals surface area contributed by atoms with Crippen LogP contribution >= 0.6 is 0 Å². The summed E-state index contributed by atoms with van der Waals surface area (Å²) in [6.45, 7) is 6.38. The van der Waals surface area contributed by atoms with Crippen LogP contribution in [0.3, 0.4) is 0 Å². The quantitative estimate of drug-likeness (QED) is 0.276. The lowest BCUT2D eigenvalue weighted by Crippen LogP contribution is -2.54. The van der Waals surface area contributed by atoms with Gasteiger partial charge in [-0.15, -0.1) is 0 Å². The third-order valence-electron chi connectivity index (χ3n) is 7.24. The molecule has 2 heterocycles. The van der Waals surface area contributed by atoms with Crippen molar-refractivity contribution in [1.82, 2.24) is 20.7 Å². The van der Waals surface area contributed by atoms with Gasteiger partial charge in [0.1, 0.15) is 17.0 Å². The number of carboxylic acid groups (broad SMARTS) is 1. The van der Waals surface area contributed by atoms with Crippen LogP contribution in [0.5, 0.6) is 11.5 Å². The molecule has 14 nitrogen and oxygen atoms in total. The molecule has 3 aromatic rings. The second-order valence-corrected chi connectivity index (χ2v) is 10.7. The topological polar surface area (TPSA) is 187 Å². The van der Waals surface area contributed by atoms with Crippen molar-refractivity contribution in [2.45, 2.75) is 45.9 Å². The van der Waals surface area contributed by atoms with Gasteiger partial charge in [0.25, 0.3) is 18.3 Å². The molecule has 0 aliphatic carbocycles. The maximum absolute atomic E-state index is 14.1. The first-order chi connectivity index (χ1) is 21.9. The van der Waals surface area contributed by atoms with E-state index in [1.807, 2.05) is 32.0 Å². The number of hydrogen-bond donors (Lipinski definition) is 3. The smallest absolute Gasteiger partial charge is 0.349 e. The van der Waals surface area contributed by atoms with Crippen molar-refractivity contribution in [3.05, 3.63) is 65.4 Å². The van der Waals surface area contributed by atoms with Crippen LogP contribution in [0, 0.1) is 12.8 Å². The number of carbonyl (C=O) groups is 5. The van der Waals surface area contributed by atoms with Crippen LogP contribution < -0.4 is 20.1 Å². The van der Waals surface area contributed by atoms with Crippen LogP contribution in [-0.4, -0.2) is 90.8 Å². The molecule has 0 saturated carbocycles. The molecule has 2 bridgehead atoms. The Morgan fingerprint density at radius 2 is 1.76 bits per heavy atom. The molecule has 2 aromatic carbocycles. The number of methoxy groups -OCH3 is 2. The summed E-state index contributed by atoms with van der Waals surface area (Å²) in [4.78, 5) is 63.5. The maximum Gasteiger partial charge on any atom is 0.349 e. The third kappa shape index (κ3) is 8.40. The zero-order valence-corrected chi connectivity index (χ0v) is 26.4. The van der Waals surface area contributed by atoms with Crippen molar-refractivity contribution >= 4 is 30.2 Å². The lowest BCUT2D eigenvalue weighted by Gasteiger charge is -2.31. The minimum atomic E-state index is -1.29. The Morgan fingerprint density at radius 3 is 2.37 bits per heavy atom. The number of esters is 1. The molecule has 1 aliphatic heterocycles. The number of nitrogens with zero attached hydrogens (tertiary/aromatic N) is 2. The minimum Gasteiger partial charge on any atom is -0.493 e. The molecule has 0 saturated heterocycles. The van der Waals surface area contributed by atoms with Crippen LogP contribution in [0.1, 0.15) is 47.2 Å². The van der Waals surface area contributed by atoms with Crippen LogP contribution in [0.15, 0.2) is 53.1 Å². The summed E-state index contributed by atoms with van der Waals surface area (Å²) in [5.41, 5.74) is 1.46. The SMILES string of the molecule is COC(=O)[C@@H]1Oc2cc(ccc2OC)C(=O)N[C@@H](C(C)C)CN(C(=O)c2c(-c3ccccc3)noc2C)CC(=O)N[C@H]1C.O=CO. The largest absolute Gasteiger partial charge is 0.493 e. The van der Waals surface area contributed by atoms with E-state index in [0.717, 1.165) is 0 Å². The zero-order valence-electron chi connectivity index (χ0n) is 26.4. The van der Waals surface area contributed by atoms with Crippen molar-refractivity contribution < 1.29 is 47.8 Å². The maximum atomic E-state index is 14.1. The Hall–Kier alpha value is -5.40. The van der Waals surface area contributed by atoms with Gasteiger partial charge in [-0.2, -0.15) is 0 Å². The molecule has 0 spiro atoms. The van der Waals surface area contributed by atoms with Crippen molar-refractivity contribution in [2.75, 3.05) is 27.3 Å². The van der Waals surface area contributed by atoms with Gasteiger partial charge in [-0.25, -0.2) is 4.79 Å². The fraction of sp³-hybridized carbons (Fsp3) is 0.375. The molecule has 4 rings (SSSR count). The van der Waals surface area contributed by atoms with Gasteiger partial charge in [0.15, 0.2) is 11.5 Å². The number of ether oxygens (including phenoxy) is 3. The highest BCUT2D eigenvalue weighted by Gasteiger charge is 2.34. The first-order valence-corrected chi connectivity index (χ1v) is 14.4. The molecule has 46 heavy (non-hydrogen) atoms. The van der Waals surface area contributed by atoms with Gasteiger partial charge >= 0.3 is 5.97 Å². The number of hydrogen-bond acceptors (Lipinski definition) is 10. The van der Waals surface area contributed by atoms with Gasteiger partial charge in [-0.3, -0.25) is 19.2 Å². The predicted octanol–water partition coefficient (Wildman–Crippen LogP) is 2.69. The molecule has 1 aromatic heterocycles. The predicted molar refractivity (Wildman–Crippen MR) is 164 cm³/mol. The van der Waals surface area contributed by atoms with Gasteiger partial charge < -0.3 is 39.4 Å². The van der Waals surface area contributed by atoms with Gasteiger partial charge in [0.2, 0.25) is 12.0 Å². The number of carbonyl (C=O) groups excluding carboxylic acids is 4. The number of aromatic nitrogens is 1. The standard InChI is InChI=1S/C31H36N4O8.CH2O2/c1-17(2)22-15-35(30(38)26-19(4)43-34-27(26)20-10-8-7-9-11-20)16-25(36)32-18(3)28(31(39)41-6)42-24-14-21(29(37)33-22)12-13-23(24)40-5;2-1-3/h7-14,17-18,22,28H,15-16H2,1-6H3,(H,32,36)(H,33,37);1H,(H,2,3)/t18-,22+,28+;/m0./s1. The first kappa shape index (κ1) is 35.1. The van der Waals surface area contributed by atoms with Crippen molar-refractivity contribution in [2.24, 2.45) is 5.92 Å². The normalized spacial score (nSPS) is 18.5. The third-order valence-corrected chi connectivity index (χ3v) is 7.24. The fourth-order valence-electron chi connectivity index (χ4n) is 4.77. The Balaban J connectivity index is 0.00000185. The van der Waals surface area contributed by atoms with Gasteiger partial charge in [-0.1, -0.05) is 49.3 Å². The van der Waals surface area contributed by atoms with E-state index in [-0.39, 0.29) is 53.9 Å². The monoisotopic (exact) mass is 638 g/mol. The summed E-state index contributed by atoms with van der Waals surface area (Å²) < 4.78 is 21.7. The Labute approximate surface area is 266 Å². The number of nitrogens with one attached hydrogen (secondary N) is 2. The molecule has 3 atom stereocenters. The molecule has 3 N–H and O–H groups in total. The molecule has 0 radical (unpaired) electrons. The molecule has 246 valence electrons.